The van der Waals surface area contributed by atoms with E-state index in [1.54, 1.807) is 12.1 Å². The van der Waals surface area contributed by atoms with Crippen molar-refractivity contribution in [1.29, 1.82) is 0 Å². The van der Waals surface area contributed by atoms with Crippen molar-refractivity contribution in [3.63, 3.8) is 0 Å². The van der Waals surface area contributed by atoms with E-state index in [4.69, 9.17) is 4.74 Å². The van der Waals surface area contributed by atoms with Crippen molar-refractivity contribution in [2.24, 2.45) is 0 Å². The normalized spacial score (nSPS) is 13.5. The van der Waals surface area contributed by atoms with E-state index in [9.17, 15) is 13.8 Å². The molecule has 1 aromatic rings. The van der Waals surface area contributed by atoms with Gasteiger partial charge in [-0.3, -0.25) is 14.3 Å². The van der Waals surface area contributed by atoms with Gasteiger partial charge in [0.25, 0.3) is 5.91 Å². The Morgan fingerprint density at radius 3 is 2.59 bits per heavy atom. The lowest BCUT2D eigenvalue weighted by Crippen LogP contribution is -2.29. The van der Waals surface area contributed by atoms with E-state index in [1.165, 1.54) is 25.3 Å². The zero-order chi connectivity index (χ0) is 13.1. The zero-order valence-electron chi connectivity index (χ0n) is 9.56. The molecule has 0 aliphatic carbocycles. The van der Waals surface area contributed by atoms with Crippen LogP contribution < -0.4 is 9.46 Å². The lowest BCUT2D eigenvalue weighted by atomic mass is 10.2. The number of esters is 1. The summed E-state index contributed by atoms with van der Waals surface area (Å²) in [5.41, 5.74) is 0.252. The van der Waals surface area contributed by atoms with Crippen LogP contribution >= 0.6 is 0 Å². The Morgan fingerprint density at radius 2 is 2.06 bits per heavy atom. The van der Waals surface area contributed by atoms with E-state index in [-0.39, 0.29) is 11.3 Å². The van der Waals surface area contributed by atoms with Crippen molar-refractivity contribution in [3.8, 4) is 5.75 Å². The Hall–Kier alpha value is -1.82. The van der Waals surface area contributed by atoms with Crippen LogP contribution in [0.3, 0.4) is 0 Å². The van der Waals surface area contributed by atoms with E-state index >= 15 is 0 Å². The molecule has 1 aromatic carbocycles. The quantitative estimate of drug-likeness (QED) is 0.488. The van der Waals surface area contributed by atoms with Gasteiger partial charge in [-0.2, -0.15) is 0 Å². The van der Waals surface area contributed by atoms with Crippen LogP contribution in [-0.2, 0) is 14.5 Å². The summed E-state index contributed by atoms with van der Waals surface area (Å²) in [6.45, 7) is 1.27. The molecule has 0 aromatic heterocycles. The second-order valence-corrected chi connectivity index (χ2v) is 5.77. The number of rotatable bonds is 3. The molecular weight excluding hydrogens is 242 g/mol. The average Bonchev–Trinajstić information content (AvgIpc) is 2.14. The number of amides is 1. The Bertz CT molecular complexity index is 548. The van der Waals surface area contributed by atoms with Crippen LogP contribution in [0.1, 0.15) is 17.3 Å². The summed E-state index contributed by atoms with van der Waals surface area (Å²) in [7, 11) is -2.61. The fraction of sp³-hybridized carbons (Fsp3) is 0.182. The Labute approximate surface area is 99.9 Å². The first-order chi connectivity index (χ1) is 7.78. The number of carbonyl (C=O) groups excluding carboxylic acids is 2. The first-order valence-corrected chi connectivity index (χ1v) is 6.84. The van der Waals surface area contributed by atoms with Gasteiger partial charge in [-0.05, 0) is 24.1 Å². The van der Waals surface area contributed by atoms with Gasteiger partial charge >= 0.3 is 5.97 Å². The molecule has 0 aliphatic heterocycles. The lowest BCUT2D eigenvalue weighted by Gasteiger charge is -2.07. The molecule has 1 unspecified atom stereocenters. The van der Waals surface area contributed by atoms with Crippen molar-refractivity contribution in [2.75, 3.05) is 6.26 Å². The standard InChI is InChI=1S/C11H13NO4S/c1-8(13)16-10-6-4-5-9(7-10)11(14)12-17(2,3)15/h4-7H,2H2,1,3H3,(H,12,14,15). The Balaban J connectivity index is 2.92. The van der Waals surface area contributed by atoms with Gasteiger partial charge in [-0.1, -0.05) is 6.07 Å². The third-order valence-electron chi connectivity index (χ3n) is 1.67. The summed E-state index contributed by atoms with van der Waals surface area (Å²) in [4.78, 5) is 22.4. The van der Waals surface area contributed by atoms with Gasteiger partial charge in [-0.15, -0.1) is 0 Å². The van der Waals surface area contributed by atoms with Crippen LogP contribution in [-0.4, -0.2) is 28.2 Å². The molecule has 1 N–H and O–H groups in total. The molecule has 17 heavy (non-hydrogen) atoms. The van der Waals surface area contributed by atoms with E-state index in [2.05, 4.69) is 10.6 Å². The number of nitrogens with one attached hydrogen (secondary N) is 1. The molecular formula is C11H13NO4S. The predicted octanol–water partition coefficient (Wildman–Crippen LogP) is 0.603. The molecule has 6 heteroatoms. The van der Waals surface area contributed by atoms with Gasteiger partial charge in [0.05, 0.1) is 0 Å². The van der Waals surface area contributed by atoms with Gasteiger partial charge < -0.3 is 4.74 Å². The van der Waals surface area contributed by atoms with Gasteiger partial charge in [0, 0.05) is 28.5 Å². The lowest BCUT2D eigenvalue weighted by molar-refractivity contribution is -0.131. The summed E-state index contributed by atoms with van der Waals surface area (Å²) in [6, 6.07) is 6.02. The highest BCUT2D eigenvalue weighted by Crippen LogP contribution is 2.13. The largest absolute Gasteiger partial charge is 0.427 e. The van der Waals surface area contributed by atoms with Crippen LogP contribution in [0.5, 0.6) is 5.75 Å². The molecule has 5 nitrogen and oxygen atoms in total. The van der Waals surface area contributed by atoms with E-state index < -0.39 is 21.6 Å². The van der Waals surface area contributed by atoms with Crippen LogP contribution in [0.2, 0.25) is 0 Å². The molecule has 1 amide bonds. The van der Waals surface area contributed by atoms with E-state index in [0.29, 0.717) is 0 Å². The van der Waals surface area contributed by atoms with Crippen LogP contribution in [0.4, 0.5) is 0 Å². The number of hydrogen-bond donors (Lipinski definition) is 1. The van der Waals surface area contributed by atoms with Gasteiger partial charge in [0.15, 0.2) is 0 Å². The molecule has 0 radical (unpaired) electrons. The van der Waals surface area contributed by atoms with Gasteiger partial charge in [0.2, 0.25) is 0 Å². The summed E-state index contributed by atoms with van der Waals surface area (Å²) >= 11 is 0. The highest BCUT2D eigenvalue weighted by atomic mass is 32.2. The van der Waals surface area contributed by atoms with E-state index in [1.807, 2.05) is 0 Å². The predicted molar refractivity (Wildman–Crippen MR) is 66.4 cm³/mol. The van der Waals surface area contributed by atoms with Crippen molar-refractivity contribution >= 4 is 27.5 Å². The number of benzene rings is 1. The van der Waals surface area contributed by atoms with Crippen molar-refractivity contribution in [2.45, 2.75) is 6.92 Å². The molecule has 1 atom stereocenters. The van der Waals surface area contributed by atoms with Gasteiger partial charge in [0.1, 0.15) is 5.75 Å². The summed E-state index contributed by atoms with van der Waals surface area (Å²) in [5, 5.41) is 0. The zero-order valence-corrected chi connectivity index (χ0v) is 10.4. The first-order valence-electron chi connectivity index (χ1n) is 4.71. The highest BCUT2D eigenvalue weighted by molar-refractivity contribution is 7.98. The fourth-order valence-electron chi connectivity index (χ4n) is 1.12. The molecule has 0 heterocycles. The summed E-state index contributed by atoms with van der Waals surface area (Å²) in [6.07, 6.45) is 1.32. The first kappa shape index (κ1) is 13.2. The minimum Gasteiger partial charge on any atom is -0.427 e. The highest BCUT2D eigenvalue weighted by Gasteiger charge is 2.09. The SMILES string of the molecule is C=S(C)(=O)NC(=O)c1cccc(OC(C)=O)c1. The monoisotopic (exact) mass is 255 g/mol. The second kappa shape index (κ2) is 5.01. The second-order valence-electron chi connectivity index (χ2n) is 3.56. The third-order valence-corrected chi connectivity index (χ3v) is 2.28. The minimum absolute atomic E-state index is 0.252. The van der Waals surface area contributed by atoms with E-state index in [0.717, 1.165) is 0 Å². The van der Waals surface area contributed by atoms with Crippen LogP contribution in [0.25, 0.3) is 0 Å². The van der Waals surface area contributed by atoms with Crippen LogP contribution in [0.15, 0.2) is 24.3 Å². The minimum atomic E-state index is -2.61. The topological polar surface area (TPSA) is 72.5 Å². The summed E-state index contributed by atoms with van der Waals surface area (Å²) < 4.78 is 18.4. The Kier molecular flexibility index (Phi) is 3.90. The number of carbonyl (C=O) groups is 2. The molecule has 0 aliphatic rings. The van der Waals surface area contributed by atoms with Crippen molar-refractivity contribution in [3.05, 3.63) is 29.8 Å². The maximum Gasteiger partial charge on any atom is 0.308 e. The Morgan fingerprint density at radius 1 is 1.41 bits per heavy atom. The molecule has 0 saturated heterocycles. The smallest absolute Gasteiger partial charge is 0.308 e. The average molecular weight is 255 g/mol. The van der Waals surface area contributed by atoms with Crippen molar-refractivity contribution < 1.29 is 18.5 Å². The van der Waals surface area contributed by atoms with Gasteiger partial charge in [-0.25, -0.2) is 4.21 Å². The number of ether oxygens (including phenoxy) is 1. The molecule has 0 saturated carbocycles. The maximum absolute atomic E-state index is 11.6. The molecule has 0 fully saturated rings. The van der Waals surface area contributed by atoms with Crippen LogP contribution in [0, 0.1) is 0 Å². The number of hydrogen-bond acceptors (Lipinski definition) is 4. The fourth-order valence-corrected chi connectivity index (χ4v) is 1.63. The molecule has 1 rings (SSSR count). The van der Waals surface area contributed by atoms with Crippen molar-refractivity contribution in [1.82, 2.24) is 4.72 Å². The summed E-state index contributed by atoms with van der Waals surface area (Å²) in [5.74, 6) is 2.58. The molecule has 0 spiro atoms. The maximum atomic E-state index is 11.6. The molecule has 0 bridgehead atoms. The molecule has 92 valence electrons. The third kappa shape index (κ3) is 4.69.